The average Bonchev–Trinajstić information content (AvgIpc) is 3.48. The summed E-state index contributed by atoms with van der Waals surface area (Å²) in [4.78, 5) is 0.173. The highest BCUT2D eigenvalue weighted by Gasteiger charge is 2.42. The fraction of sp³-hybridized carbons (Fsp3) is 0.0732. The molecule has 0 radical (unpaired) electrons. The van der Waals surface area contributed by atoms with Crippen molar-refractivity contribution in [3.05, 3.63) is 202 Å². The Bertz CT molecular complexity index is 2160. The standard InChI is InChI=1S/C41H32ClNO3S2/c1-29-21-27-35(28-22-29)48(44,45)43-38-36-19-11-12-20-37(36)46-39(38)40(30-23-25-34(42)26-24-30)47-41(31-13-5-2-6-14-31,32-15-7-3-8-16-32)33-17-9-4-10-18-33/h2-28,40,43H,1H3/t40-/m1/s1. The number of furan rings is 1. The second kappa shape index (κ2) is 13.4. The summed E-state index contributed by atoms with van der Waals surface area (Å²) in [5, 5.41) is 0.784. The molecule has 238 valence electrons. The van der Waals surface area contributed by atoms with Crippen LogP contribution in [-0.4, -0.2) is 8.42 Å². The van der Waals surface area contributed by atoms with Gasteiger partial charge in [-0.25, -0.2) is 8.42 Å². The van der Waals surface area contributed by atoms with Crippen LogP contribution in [0.25, 0.3) is 11.0 Å². The number of para-hydroxylation sites is 1. The third-order valence-corrected chi connectivity index (χ3v) is 11.8. The first-order valence-corrected chi connectivity index (χ1v) is 18.3. The lowest BCUT2D eigenvalue weighted by atomic mass is 9.84. The van der Waals surface area contributed by atoms with E-state index in [-0.39, 0.29) is 4.90 Å². The molecule has 0 spiro atoms. The Labute approximate surface area is 290 Å². The van der Waals surface area contributed by atoms with Crippen LogP contribution in [0.2, 0.25) is 5.02 Å². The minimum atomic E-state index is -3.98. The number of rotatable bonds is 10. The number of fused-ring (bicyclic) bond motifs is 1. The molecule has 0 saturated carbocycles. The lowest BCUT2D eigenvalue weighted by Crippen LogP contribution is -2.27. The highest BCUT2D eigenvalue weighted by molar-refractivity contribution is 8.01. The van der Waals surface area contributed by atoms with E-state index in [1.165, 1.54) is 0 Å². The quantitative estimate of drug-likeness (QED) is 0.146. The summed E-state index contributed by atoms with van der Waals surface area (Å²) in [6.07, 6.45) is 0. The summed E-state index contributed by atoms with van der Waals surface area (Å²) >= 11 is 8.11. The van der Waals surface area contributed by atoms with Crippen molar-refractivity contribution in [2.75, 3.05) is 4.72 Å². The minimum Gasteiger partial charge on any atom is -0.457 e. The van der Waals surface area contributed by atoms with Crippen LogP contribution in [0.4, 0.5) is 5.69 Å². The Balaban J connectivity index is 1.50. The lowest BCUT2D eigenvalue weighted by Gasteiger charge is -2.38. The van der Waals surface area contributed by atoms with Gasteiger partial charge in [0.25, 0.3) is 10.0 Å². The van der Waals surface area contributed by atoms with Gasteiger partial charge in [-0.3, -0.25) is 4.72 Å². The summed E-state index contributed by atoms with van der Waals surface area (Å²) in [6.45, 7) is 1.93. The van der Waals surface area contributed by atoms with E-state index in [2.05, 4.69) is 77.5 Å². The topological polar surface area (TPSA) is 59.3 Å². The van der Waals surface area contributed by atoms with Gasteiger partial charge < -0.3 is 4.42 Å². The normalized spacial score (nSPS) is 12.5. The Kier molecular flexibility index (Phi) is 8.88. The van der Waals surface area contributed by atoms with Gasteiger partial charge in [-0.15, -0.1) is 11.8 Å². The number of thioether (sulfide) groups is 1. The van der Waals surface area contributed by atoms with E-state index < -0.39 is 20.0 Å². The summed E-state index contributed by atoms with van der Waals surface area (Å²) < 4.78 is 36.9. The van der Waals surface area contributed by atoms with E-state index >= 15 is 0 Å². The van der Waals surface area contributed by atoms with Gasteiger partial charge in [0.05, 0.1) is 20.6 Å². The van der Waals surface area contributed by atoms with Gasteiger partial charge in [0.15, 0.2) is 0 Å². The Morgan fingerprint density at radius 3 is 1.69 bits per heavy atom. The van der Waals surface area contributed by atoms with Crippen molar-refractivity contribution in [3.63, 3.8) is 0 Å². The molecule has 0 unspecified atom stereocenters. The molecular formula is C41H32ClNO3S2. The van der Waals surface area contributed by atoms with E-state index in [0.717, 1.165) is 27.8 Å². The summed E-state index contributed by atoms with van der Waals surface area (Å²) in [6, 6.07) is 53.3. The number of aryl methyl sites for hydroxylation is 1. The molecule has 0 bridgehead atoms. The molecule has 6 aromatic carbocycles. The number of anilines is 1. The molecule has 7 rings (SSSR count). The van der Waals surface area contributed by atoms with Gasteiger partial charge in [-0.2, -0.15) is 0 Å². The van der Waals surface area contributed by atoms with Crippen molar-refractivity contribution in [2.24, 2.45) is 0 Å². The van der Waals surface area contributed by atoms with E-state index in [9.17, 15) is 8.42 Å². The zero-order valence-electron chi connectivity index (χ0n) is 26.1. The molecule has 7 aromatic rings. The first kappa shape index (κ1) is 31.8. The molecule has 1 N–H and O–H groups in total. The maximum Gasteiger partial charge on any atom is 0.262 e. The zero-order valence-corrected chi connectivity index (χ0v) is 28.5. The Morgan fingerprint density at radius 2 is 1.15 bits per heavy atom. The first-order chi connectivity index (χ1) is 23.3. The highest BCUT2D eigenvalue weighted by Crippen LogP contribution is 2.57. The Hall–Kier alpha value is -4.75. The number of nitrogens with one attached hydrogen (secondary N) is 1. The molecule has 0 amide bonds. The maximum absolute atomic E-state index is 14.0. The SMILES string of the molecule is Cc1ccc(S(=O)(=O)Nc2c([C@H](SC(c3ccccc3)(c3ccccc3)c3ccccc3)c3ccc(Cl)cc3)oc3ccccc23)cc1. The molecule has 4 nitrogen and oxygen atoms in total. The van der Waals surface area contributed by atoms with Crippen LogP contribution < -0.4 is 4.72 Å². The van der Waals surface area contributed by atoms with E-state index in [1.54, 1.807) is 36.0 Å². The van der Waals surface area contributed by atoms with E-state index in [0.29, 0.717) is 27.4 Å². The molecule has 0 aliphatic carbocycles. The molecule has 48 heavy (non-hydrogen) atoms. The molecule has 7 heteroatoms. The van der Waals surface area contributed by atoms with Gasteiger partial charge in [0.1, 0.15) is 11.3 Å². The molecule has 1 atom stereocenters. The molecule has 0 aliphatic rings. The lowest BCUT2D eigenvalue weighted by molar-refractivity contribution is 0.559. The summed E-state index contributed by atoms with van der Waals surface area (Å²) in [7, 11) is -3.98. The smallest absolute Gasteiger partial charge is 0.262 e. The summed E-state index contributed by atoms with van der Waals surface area (Å²) in [5.74, 6) is 0.492. The monoisotopic (exact) mass is 685 g/mol. The molecule has 0 aliphatic heterocycles. The van der Waals surface area contributed by atoms with Crippen LogP contribution in [-0.2, 0) is 14.8 Å². The van der Waals surface area contributed by atoms with Crippen LogP contribution >= 0.6 is 23.4 Å². The van der Waals surface area contributed by atoms with Crippen LogP contribution in [0.15, 0.2) is 173 Å². The summed E-state index contributed by atoms with van der Waals surface area (Å²) in [5.41, 5.74) is 6.09. The van der Waals surface area contributed by atoms with Crippen LogP contribution in [0.1, 0.15) is 38.8 Å². The molecule has 1 aromatic heterocycles. The van der Waals surface area contributed by atoms with Crippen molar-refractivity contribution < 1.29 is 12.8 Å². The molecular weight excluding hydrogens is 654 g/mol. The highest BCUT2D eigenvalue weighted by atomic mass is 35.5. The van der Waals surface area contributed by atoms with Crippen LogP contribution in [0, 0.1) is 6.92 Å². The van der Waals surface area contributed by atoms with Gasteiger partial charge >= 0.3 is 0 Å². The second-order valence-electron chi connectivity index (χ2n) is 11.6. The average molecular weight is 686 g/mol. The van der Waals surface area contributed by atoms with Gasteiger partial charge in [-0.05, 0) is 65.6 Å². The zero-order chi connectivity index (χ0) is 33.1. The number of hydrogen-bond donors (Lipinski definition) is 1. The van der Waals surface area contributed by atoms with Crippen LogP contribution in [0.3, 0.4) is 0 Å². The molecule has 0 fully saturated rings. The number of hydrogen-bond acceptors (Lipinski definition) is 4. The van der Waals surface area contributed by atoms with Crippen molar-refractivity contribution in [1.82, 2.24) is 0 Å². The van der Waals surface area contributed by atoms with Gasteiger partial charge in [0.2, 0.25) is 0 Å². The van der Waals surface area contributed by atoms with Gasteiger partial charge in [0, 0.05) is 10.4 Å². The third kappa shape index (κ3) is 6.15. The third-order valence-electron chi connectivity index (χ3n) is 8.44. The largest absolute Gasteiger partial charge is 0.457 e. The predicted octanol–water partition coefficient (Wildman–Crippen LogP) is 11.0. The first-order valence-electron chi connectivity index (χ1n) is 15.6. The van der Waals surface area contributed by atoms with Crippen molar-refractivity contribution >= 4 is 50.0 Å². The van der Waals surface area contributed by atoms with Crippen molar-refractivity contribution in [1.29, 1.82) is 0 Å². The fourth-order valence-electron chi connectivity index (χ4n) is 6.07. The second-order valence-corrected chi connectivity index (χ2v) is 15.0. The van der Waals surface area contributed by atoms with E-state index in [4.69, 9.17) is 16.0 Å². The maximum atomic E-state index is 14.0. The van der Waals surface area contributed by atoms with Crippen LogP contribution in [0.5, 0.6) is 0 Å². The van der Waals surface area contributed by atoms with Crippen molar-refractivity contribution in [3.8, 4) is 0 Å². The fourth-order valence-corrected chi connectivity index (χ4v) is 9.03. The predicted molar refractivity (Wildman–Crippen MR) is 198 cm³/mol. The molecule has 1 heterocycles. The number of benzene rings is 6. The van der Waals surface area contributed by atoms with E-state index in [1.807, 2.05) is 73.7 Å². The minimum absolute atomic E-state index is 0.173. The Morgan fingerprint density at radius 1 is 0.646 bits per heavy atom. The van der Waals surface area contributed by atoms with Gasteiger partial charge in [-0.1, -0.05) is 145 Å². The van der Waals surface area contributed by atoms with Crippen molar-refractivity contribution in [2.45, 2.75) is 21.8 Å². The molecule has 0 saturated heterocycles. The number of halogens is 1. The number of sulfonamides is 1.